The lowest BCUT2D eigenvalue weighted by atomic mass is 10.1. The minimum atomic E-state index is 0.300. The van der Waals surface area contributed by atoms with Crippen molar-refractivity contribution in [3.8, 4) is 0 Å². The molecule has 1 aliphatic carbocycles. The molecule has 1 aliphatic heterocycles. The number of nitrogens with zero attached hydrogens (tertiary/aromatic N) is 4. The molecule has 4 rings (SSSR count). The maximum Gasteiger partial charge on any atom is 0.222 e. The molecule has 1 aromatic heterocycles. The van der Waals surface area contributed by atoms with E-state index in [1.807, 2.05) is 16.9 Å². The van der Waals surface area contributed by atoms with E-state index in [1.54, 1.807) is 6.20 Å². The van der Waals surface area contributed by atoms with Gasteiger partial charge in [0.1, 0.15) is 0 Å². The van der Waals surface area contributed by atoms with E-state index in [0.29, 0.717) is 18.4 Å². The highest BCUT2D eigenvalue weighted by molar-refractivity contribution is 5.76. The molecule has 5 heteroatoms. The summed E-state index contributed by atoms with van der Waals surface area (Å²) in [6, 6.07) is 11.4. The SMILES string of the molecule is O=C(CCCn1cccn1)N1CCCN(C2Cc3ccccc3C2)CC1. The zero-order chi connectivity index (χ0) is 17.8. The van der Waals surface area contributed by atoms with Gasteiger partial charge in [-0.3, -0.25) is 14.4 Å². The highest BCUT2D eigenvalue weighted by Crippen LogP contribution is 2.26. The van der Waals surface area contributed by atoms with Crippen molar-refractivity contribution in [1.29, 1.82) is 0 Å². The largest absolute Gasteiger partial charge is 0.341 e. The third-order valence-corrected chi connectivity index (χ3v) is 5.77. The van der Waals surface area contributed by atoms with Crippen LogP contribution in [0.4, 0.5) is 0 Å². The van der Waals surface area contributed by atoms with Crippen LogP contribution in [0, 0.1) is 0 Å². The molecule has 5 nitrogen and oxygen atoms in total. The van der Waals surface area contributed by atoms with Gasteiger partial charge in [-0.2, -0.15) is 5.10 Å². The van der Waals surface area contributed by atoms with Crippen LogP contribution < -0.4 is 0 Å². The third kappa shape index (κ3) is 3.98. The monoisotopic (exact) mass is 352 g/mol. The molecule has 0 spiro atoms. The molecule has 1 aromatic carbocycles. The van der Waals surface area contributed by atoms with Crippen molar-refractivity contribution < 1.29 is 4.79 Å². The lowest BCUT2D eigenvalue weighted by Gasteiger charge is -2.27. The fraction of sp³-hybridized carbons (Fsp3) is 0.524. The maximum atomic E-state index is 12.6. The smallest absolute Gasteiger partial charge is 0.222 e. The quantitative estimate of drug-likeness (QED) is 0.830. The number of rotatable bonds is 5. The Hall–Kier alpha value is -2.14. The molecule has 1 amide bonds. The Kier molecular flexibility index (Phi) is 5.34. The molecule has 1 fully saturated rings. The van der Waals surface area contributed by atoms with E-state index in [4.69, 9.17) is 0 Å². The average molecular weight is 352 g/mol. The second-order valence-electron chi connectivity index (χ2n) is 7.47. The second-order valence-corrected chi connectivity index (χ2v) is 7.47. The topological polar surface area (TPSA) is 41.4 Å². The Morgan fingerprint density at radius 1 is 1.04 bits per heavy atom. The predicted molar refractivity (Wildman–Crippen MR) is 102 cm³/mol. The Labute approximate surface area is 155 Å². The highest BCUT2D eigenvalue weighted by atomic mass is 16.2. The van der Waals surface area contributed by atoms with Gasteiger partial charge >= 0.3 is 0 Å². The van der Waals surface area contributed by atoms with Gasteiger partial charge in [0, 0.05) is 57.6 Å². The van der Waals surface area contributed by atoms with E-state index in [1.165, 1.54) is 11.1 Å². The summed E-state index contributed by atoms with van der Waals surface area (Å²) in [5.41, 5.74) is 3.02. The van der Waals surface area contributed by atoms with Gasteiger partial charge in [-0.15, -0.1) is 0 Å². The average Bonchev–Trinajstić information content (AvgIpc) is 3.25. The van der Waals surface area contributed by atoms with Gasteiger partial charge in [0.25, 0.3) is 0 Å². The first-order chi connectivity index (χ1) is 12.8. The number of hydrogen-bond acceptors (Lipinski definition) is 3. The number of hydrogen-bond donors (Lipinski definition) is 0. The van der Waals surface area contributed by atoms with Crippen LogP contribution in [0.2, 0.25) is 0 Å². The lowest BCUT2D eigenvalue weighted by molar-refractivity contribution is -0.131. The third-order valence-electron chi connectivity index (χ3n) is 5.77. The van der Waals surface area contributed by atoms with Crippen LogP contribution in [-0.2, 0) is 24.2 Å². The van der Waals surface area contributed by atoms with Crippen molar-refractivity contribution in [2.24, 2.45) is 0 Å². The van der Waals surface area contributed by atoms with Crippen LogP contribution in [0.5, 0.6) is 0 Å². The van der Waals surface area contributed by atoms with E-state index in [0.717, 1.165) is 58.4 Å². The zero-order valence-corrected chi connectivity index (χ0v) is 15.4. The standard InChI is InChI=1S/C21H28N4O/c26-21(8-3-12-25-13-4-9-22-25)24-11-5-10-23(14-15-24)20-16-18-6-1-2-7-19(18)17-20/h1-2,4,6-7,9,13,20H,3,5,8,10-12,14-17H2. The van der Waals surface area contributed by atoms with E-state index in [-0.39, 0.29) is 0 Å². The van der Waals surface area contributed by atoms with Gasteiger partial charge in [0.15, 0.2) is 0 Å². The van der Waals surface area contributed by atoms with Crippen LogP contribution in [0.25, 0.3) is 0 Å². The van der Waals surface area contributed by atoms with Crippen molar-refractivity contribution in [3.63, 3.8) is 0 Å². The van der Waals surface area contributed by atoms with Crippen LogP contribution in [0.1, 0.15) is 30.4 Å². The highest BCUT2D eigenvalue weighted by Gasteiger charge is 2.28. The molecule has 0 bridgehead atoms. The number of carbonyl (C=O) groups excluding carboxylic acids is 1. The maximum absolute atomic E-state index is 12.6. The lowest BCUT2D eigenvalue weighted by Crippen LogP contribution is -2.40. The summed E-state index contributed by atoms with van der Waals surface area (Å²) < 4.78 is 1.90. The van der Waals surface area contributed by atoms with Crippen LogP contribution in [0.15, 0.2) is 42.7 Å². The van der Waals surface area contributed by atoms with E-state index < -0.39 is 0 Å². The number of aromatic nitrogens is 2. The van der Waals surface area contributed by atoms with E-state index in [2.05, 4.69) is 39.2 Å². The van der Waals surface area contributed by atoms with E-state index >= 15 is 0 Å². The summed E-state index contributed by atoms with van der Waals surface area (Å²) in [5, 5.41) is 4.20. The molecule has 0 radical (unpaired) electrons. The van der Waals surface area contributed by atoms with Crippen molar-refractivity contribution >= 4 is 5.91 Å². The zero-order valence-electron chi connectivity index (χ0n) is 15.4. The van der Waals surface area contributed by atoms with Gasteiger partial charge in [0.2, 0.25) is 5.91 Å². The number of carbonyl (C=O) groups is 1. The normalized spacial score (nSPS) is 18.7. The Morgan fingerprint density at radius 3 is 2.58 bits per heavy atom. The van der Waals surface area contributed by atoms with Crippen molar-refractivity contribution in [1.82, 2.24) is 19.6 Å². The number of fused-ring (bicyclic) bond motifs is 1. The molecular weight excluding hydrogens is 324 g/mol. The first-order valence-corrected chi connectivity index (χ1v) is 9.85. The van der Waals surface area contributed by atoms with Crippen molar-refractivity contribution in [3.05, 3.63) is 53.9 Å². The summed E-state index contributed by atoms with van der Waals surface area (Å²) in [4.78, 5) is 17.2. The van der Waals surface area contributed by atoms with Gasteiger partial charge in [-0.1, -0.05) is 24.3 Å². The second kappa shape index (κ2) is 8.04. The van der Waals surface area contributed by atoms with Crippen molar-refractivity contribution in [2.75, 3.05) is 26.2 Å². The molecule has 0 unspecified atom stereocenters. The van der Waals surface area contributed by atoms with Gasteiger partial charge in [-0.05, 0) is 42.9 Å². The molecule has 0 N–H and O–H groups in total. The number of amides is 1. The minimum Gasteiger partial charge on any atom is -0.341 e. The summed E-state index contributed by atoms with van der Waals surface area (Å²) in [7, 11) is 0. The summed E-state index contributed by atoms with van der Waals surface area (Å²) in [6.45, 7) is 4.70. The molecule has 138 valence electrons. The van der Waals surface area contributed by atoms with Gasteiger partial charge < -0.3 is 4.90 Å². The first-order valence-electron chi connectivity index (χ1n) is 9.85. The summed E-state index contributed by atoms with van der Waals surface area (Å²) >= 11 is 0. The predicted octanol–water partition coefficient (Wildman–Crippen LogP) is 2.37. The number of benzene rings is 1. The van der Waals surface area contributed by atoms with Crippen molar-refractivity contribution in [2.45, 2.75) is 44.7 Å². The molecular formula is C21H28N4O. The molecule has 1 saturated heterocycles. The molecule has 0 atom stereocenters. The minimum absolute atomic E-state index is 0.300. The Morgan fingerprint density at radius 2 is 1.85 bits per heavy atom. The van der Waals surface area contributed by atoms with Gasteiger partial charge in [-0.25, -0.2) is 0 Å². The van der Waals surface area contributed by atoms with Gasteiger partial charge in [0.05, 0.1) is 0 Å². The molecule has 26 heavy (non-hydrogen) atoms. The number of aryl methyl sites for hydroxylation is 1. The Bertz CT molecular complexity index is 702. The molecule has 2 aromatic rings. The molecule has 2 aliphatic rings. The fourth-order valence-corrected chi connectivity index (χ4v) is 4.33. The van der Waals surface area contributed by atoms with Crippen LogP contribution in [0.3, 0.4) is 0 Å². The molecule has 0 saturated carbocycles. The Balaban J connectivity index is 1.25. The van der Waals surface area contributed by atoms with Crippen LogP contribution >= 0.6 is 0 Å². The van der Waals surface area contributed by atoms with Crippen LogP contribution in [-0.4, -0.2) is 57.7 Å². The summed E-state index contributed by atoms with van der Waals surface area (Å²) in [6.07, 6.45) is 8.62. The first kappa shape index (κ1) is 17.3. The fourth-order valence-electron chi connectivity index (χ4n) is 4.33. The van der Waals surface area contributed by atoms with E-state index in [9.17, 15) is 4.79 Å². The molecule has 2 heterocycles. The summed E-state index contributed by atoms with van der Waals surface area (Å²) in [5.74, 6) is 0.300.